The lowest BCUT2D eigenvalue weighted by Gasteiger charge is -2.34. The largest absolute Gasteiger partial charge is 0.434 e. The predicted molar refractivity (Wildman–Crippen MR) is 153 cm³/mol. The first kappa shape index (κ1) is 34.0. The van der Waals surface area contributed by atoms with Gasteiger partial charge in [-0.3, -0.25) is 19.1 Å². The van der Waals surface area contributed by atoms with Crippen molar-refractivity contribution in [2.75, 3.05) is 6.54 Å². The maximum Gasteiger partial charge on any atom is 0.427 e. The number of alkyl carbamates (subject to hydrolysis) is 1. The lowest BCUT2D eigenvalue weighted by molar-refractivity contribution is -0.244. The number of nitrogens with one attached hydrogen (secondary N) is 3. The summed E-state index contributed by atoms with van der Waals surface area (Å²) in [6.45, 7) is 6.78. The van der Waals surface area contributed by atoms with Crippen molar-refractivity contribution < 1.29 is 45.5 Å². The van der Waals surface area contributed by atoms with Crippen LogP contribution in [0.3, 0.4) is 0 Å². The first-order valence-electron chi connectivity index (χ1n) is 15.2. The number of ether oxygens (including phenoxy) is 1. The van der Waals surface area contributed by atoms with E-state index in [1.807, 2.05) is 13.0 Å². The first-order valence-corrected chi connectivity index (χ1v) is 16.6. The summed E-state index contributed by atoms with van der Waals surface area (Å²) in [7, 11) is -3.97. The van der Waals surface area contributed by atoms with Crippen LogP contribution in [0.1, 0.15) is 86.0 Å². The molecule has 0 aromatic carbocycles. The lowest BCUT2D eigenvalue weighted by Crippen LogP contribution is -2.59. The summed E-state index contributed by atoms with van der Waals surface area (Å²) in [6.07, 6.45) is 0.847. The summed E-state index contributed by atoms with van der Waals surface area (Å²) in [5.41, 5.74) is -4.31. The van der Waals surface area contributed by atoms with Crippen molar-refractivity contribution in [3.63, 3.8) is 0 Å². The Balaban J connectivity index is 1.60. The van der Waals surface area contributed by atoms with Crippen LogP contribution in [0.4, 0.5) is 18.0 Å². The average molecular weight is 649 g/mol. The molecule has 2 saturated carbocycles. The van der Waals surface area contributed by atoms with Crippen LogP contribution in [0, 0.1) is 17.8 Å². The third-order valence-corrected chi connectivity index (χ3v) is 11.7. The van der Waals surface area contributed by atoms with Crippen LogP contribution in [0.15, 0.2) is 12.2 Å². The fraction of sp³-hybridized carbons (Fsp3) is 0.793. The van der Waals surface area contributed by atoms with E-state index in [2.05, 4.69) is 20.1 Å². The van der Waals surface area contributed by atoms with Gasteiger partial charge in [0.2, 0.25) is 27.4 Å². The molecule has 0 spiro atoms. The highest BCUT2D eigenvalue weighted by Crippen LogP contribution is 2.47. The number of carbonyl (C=O) groups is 4. The Kier molecular flexibility index (Phi) is 9.15. The first-order chi connectivity index (χ1) is 20.2. The minimum absolute atomic E-state index is 0.0466. The van der Waals surface area contributed by atoms with Crippen LogP contribution in [0.5, 0.6) is 0 Å². The van der Waals surface area contributed by atoms with Crippen molar-refractivity contribution in [2.45, 2.75) is 120 Å². The van der Waals surface area contributed by atoms with Gasteiger partial charge < -0.3 is 20.3 Å². The number of fused-ring (bicyclic) bond motifs is 2. The van der Waals surface area contributed by atoms with Gasteiger partial charge in [0.05, 0.1) is 4.75 Å². The Morgan fingerprint density at radius 2 is 1.80 bits per heavy atom. The summed E-state index contributed by atoms with van der Waals surface area (Å²) in [4.78, 5) is 55.0. The number of alkyl halides is 3. The van der Waals surface area contributed by atoms with Crippen molar-refractivity contribution in [1.29, 1.82) is 0 Å². The highest BCUT2D eigenvalue weighted by molar-refractivity contribution is 7.91. The monoisotopic (exact) mass is 648 g/mol. The molecule has 0 radical (unpaired) electrons. The smallest absolute Gasteiger partial charge is 0.427 e. The molecule has 2 heterocycles. The van der Waals surface area contributed by atoms with Crippen LogP contribution in [-0.4, -0.2) is 77.8 Å². The standard InChI is InChI=1S/C29H43F3N4O7S/c1-17-9-6-7-10-19-16-28(19,24(39)35-44(41,42)27(5)12-13-27)34-22(37)20-11-8-14-36(20)23(38)21(18(2)15-17)33-25(40)43-26(3,4)29(30,31)32/h7,10,17-21H,6,8-9,11-16H2,1-5H3,(H,33,40)(H,34,37)(H,35,39)/b10-7-/t17-,18-,19-,20+,21+,28-/m1/s1. The van der Waals surface area contributed by atoms with Crippen molar-refractivity contribution >= 4 is 33.8 Å². The van der Waals surface area contributed by atoms with Gasteiger partial charge in [0.25, 0.3) is 5.91 Å². The minimum atomic E-state index is -4.85. The fourth-order valence-corrected chi connectivity index (χ4v) is 7.28. The van der Waals surface area contributed by atoms with Gasteiger partial charge in [0.15, 0.2) is 0 Å². The number of hydrogen-bond acceptors (Lipinski definition) is 7. The molecule has 0 aromatic rings. The van der Waals surface area contributed by atoms with E-state index in [0.29, 0.717) is 52.4 Å². The Morgan fingerprint density at radius 3 is 2.41 bits per heavy atom. The quantitative estimate of drug-likeness (QED) is 0.387. The van der Waals surface area contributed by atoms with Gasteiger partial charge in [0, 0.05) is 12.5 Å². The third-order valence-electron chi connectivity index (χ3n) is 9.54. The highest BCUT2D eigenvalue weighted by Gasteiger charge is 2.63. The number of sulfonamides is 1. The van der Waals surface area contributed by atoms with Gasteiger partial charge in [-0.05, 0) is 84.0 Å². The molecule has 0 bridgehead atoms. The van der Waals surface area contributed by atoms with E-state index in [9.17, 15) is 40.8 Å². The maximum absolute atomic E-state index is 13.9. The molecule has 4 amide bonds. The van der Waals surface area contributed by atoms with Crippen molar-refractivity contribution in [3.05, 3.63) is 12.2 Å². The maximum atomic E-state index is 13.9. The van der Waals surface area contributed by atoms with E-state index in [1.54, 1.807) is 19.9 Å². The van der Waals surface area contributed by atoms with Gasteiger partial charge in [-0.15, -0.1) is 0 Å². The number of amides is 4. The fourth-order valence-electron chi connectivity index (χ4n) is 5.97. The molecule has 2 aliphatic carbocycles. The second-order valence-electron chi connectivity index (χ2n) is 13.7. The Hall–Kier alpha value is -2.84. The van der Waals surface area contributed by atoms with Crippen LogP contribution in [0.25, 0.3) is 0 Å². The number of hydrogen-bond donors (Lipinski definition) is 3. The Morgan fingerprint density at radius 1 is 1.14 bits per heavy atom. The van der Waals surface area contributed by atoms with E-state index in [4.69, 9.17) is 0 Å². The van der Waals surface area contributed by atoms with Gasteiger partial charge in [-0.1, -0.05) is 26.0 Å². The zero-order valence-corrected chi connectivity index (χ0v) is 26.6. The molecule has 1 saturated heterocycles. The summed E-state index contributed by atoms with van der Waals surface area (Å²) < 4.78 is 71.7. The summed E-state index contributed by atoms with van der Waals surface area (Å²) in [5, 5.41) is 5.10. The van der Waals surface area contributed by atoms with Gasteiger partial charge in [-0.2, -0.15) is 13.2 Å². The van der Waals surface area contributed by atoms with Crippen LogP contribution in [0.2, 0.25) is 0 Å². The van der Waals surface area contributed by atoms with Crippen molar-refractivity contribution in [1.82, 2.24) is 20.3 Å². The van der Waals surface area contributed by atoms with Gasteiger partial charge in [-0.25, -0.2) is 13.2 Å². The lowest BCUT2D eigenvalue weighted by atomic mass is 9.88. The number of carbonyl (C=O) groups excluding carboxylic acids is 4. The van der Waals surface area contributed by atoms with Crippen molar-refractivity contribution in [3.8, 4) is 0 Å². The van der Waals surface area contributed by atoms with Gasteiger partial charge >= 0.3 is 12.3 Å². The normalized spacial score (nSPS) is 33.5. The predicted octanol–water partition coefficient (Wildman–Crippen LogP) is 3.30. The molecular weight excluding hydrogens is 605 g/mol. The summed E-state index contributed by atoms with van der Waals surface area (Å²) >= 11 is 0. The highest BCUT2D eigenvalue weighted by atomic mass is 32.2. The number of allylic oxidation sites excluding steroid dienone is 1. The van der Waals surface area contributed by atoms with E-state index in [0.717, 1.165) is 0 Å². The van der Waals surface area contributed by atoms with E-state index in [-0.39, 0.29) is 25.3 Å². The van der Waals surface area contributed by atoms with E-state index < -0.39 is 79.8 Å². The molecule has 4 rings (SSSR count). The van der Waals surface area contributed by atoms with E-state index in [1.165, 1.54) is 4.90 Å². The molecule has 0 unspecified atom stereocenters. The zero-order valence-electron chi connectivity index (χ0n) is 25.8. The summed E-state index contributed by atoms with van der Waals surface area (Å²) in [6, 6.07) is -2.31. The molecule has 2 aliphatic heterocycles. The topological polar surface area (TPSA) is 151 Å². The molecular formula is C29H43F3N4O7S. The third kappa shape index (κ3) is 6.86. The molecule has 11 nitrogen and oxygen atoms in total. The molecule has 4 aliphatic rings. The minimum Gasteiger partial charge on any atom is -0.434 e. The SMILES string of the molecule is C[C@@H]1CC/C=C\[C@@H]2C[C@@]2(C(=O)NS(=O)(=O)C2(C)CC2)NC(=O)[C@@H]2CCCN2C(=O)[C@@H](NC(=O)OC(C)(C)C(F)(F)F)[C@H](C)C1. The number of nitrogens with zero attached hydrogens (tertiary/aromatic N) is 1. The average Bonchev–Trinajstić information content (AvgIpc) is 3.75. The molecule has 0 aromatic heterocycles. The second kappa shape index (κ2) is 11.8. The van der Waals surface area contributed by atoms with Gasteiger partial charge in [0.1, 0.15) is 17.6 Å². The molecule has 6 atom stereocenters. The molecule has 3 N–H and O–H groups in total. The van der Waals surface area contributed by atoms with Crippen LogP contribution >= 0.6 is 0 Å². The number of rotatable bonds is 5. The summed E-state index contributed by atoms with van der Waals surface area (Å²) in [5.74, 6) is -3.04. The van der Waals surface area contributed by atoms with Crippen molar-refractivity contribution in [2.24, 2.45) is 17.8 Å². The van der Waals surface area contributed by atoms with E-state index >= 15 is 0 Å². The molecule has 44 heavy (non-hydrogen) atoms. The van der Waals surface area contributed by atoms with Crippen LogP contribution in [-0.2, 0) is 29.1 Å². The van der Waals surface area contributed by atoms with Crippen LogP contribution < -0.4 is 15.4 Å². The second-order valence-corrected chi connectivity index (χ2v) is 15.9. The Bertz CT molecular complexity index is 1310. The Labute approximate surface area is 256 Å². The zero-order chi connectivity index (χ0) is 32.9. The number of halogens is 3. The molecule has 3 fully saturated rings. The molecule has 248 valence electrons. The molecule has 15 heteroatoms.